The Labute approximate surface area is 136 Å². The van der Waals surface area contributed by atoms with Gasteiger partial charge in [-0.2, -0.15) is 13.2 Å². The zero-order valence-corrected chi connectivity index (χ0v) is 13.9. The molecular weight excluding hydrogens is 419 g/mol. The summed E-state index contributed by atoms with van der Waals surface area (Å²) in [5.74, 6) is -1.80. The number of likely N-dealkylation sites (tertiary alicyclic amines) is 1. The second-order valence-corrected chi connectivity index (χ2v) is 6.80. The molecule has 1 aromatic carbocycles. The molecule has 1 aliphatic heterocycles. The highest BCUT2D eigenvalue weighted by atomic mass is 79.9. The summed E-state index contributed by atoms with van der Waals surface area (Å²) < 4.78 is 40.9. The number of benzene rings is 1. The van der Waals surface area contributed by atoms with Crippen molar-refractivity contribution < 1.29 is 23.1 Å². The summed E-state index contributed by atoms with van der Waals surface area (Å²) >= 11 is 6.65. The van der Waals surface area contributed by atoms with E-state index in [0.29, 0.717) is 0 Å². The molecular formula is C13H12Br2F3NO2. The predicted molar refractivity (Wildman–Crippen MR) is 77.9 cm³/mol. The van der Waals surface area contributed by atoms with E-state index in [2.05, 4.69) is 31.9 Å². The predicted octanol–water partition coefficient (Wildman–Crippen LogP) is 4.05. The molecule has 0 saturated carbocycles. The van der Waals surface area contributed by atoms with E-state index >= 15 is 0 Å². The molecule has 0 bridgehead atoms. The van der Waals surface area contributed by atoms with E-state index in [1.807, 2.05) is 0 Å². The van der Waals surface area contributed by atoms with Gasteiger partial charge in [0.15, 0.2) is 5.41 Å². The Kier molecular flexibility index (Phi) is 4.70. The fourth-order valence-electron chi connectivity index (χ4n) is 2.45. The van der Waals surface area contributed by atoms with Gasteiger partial charge in [0.1, 0.15) is 0 Å². The highest BCUT2D eigenvalue weighted by Crippen LogP contribution is 2.46. The van der Waals surface area contributed by atoms with Crippen LogP contribution in [0.15, 0.2) is 27.1 Å². The lowest BCUT2D eigenvalue weighted by Gasteiger charge is -2.27. The molecule has 1 N–H and O–H groups in total. The van der Waals surface area contributed by atoms with Crippen molar-refractivity contribution in [3.05, 3.63) is 32.7 Å². The summed E-state index contributed by atoms with van der Waals surface area (Å²) in [6.07, 6.45) is -5.16. The molecule has 1 unspecified atom stereocenters. The van der Waals surface area contributed by atoms with Gasteiger partial charge in [0, 0.05) is 28.6 Å². The van der Waals surface area contributed by atoms with Crippen LogP contribution in [0.2, 0.25) is 0 Å². The van der Waals surface area contributed by atoms with Crippen LogP contribution in [0.1, 0.15) is 12.0 Å². The van der Waals surface area contributed by atoms with Crippen LogP contribution in [0.4, 0.5) is 13.2 Å². The summed E-state index contributed by atoms with van der Waals surface area (Å²) in [5.41, 5.74) is -1.83. The van der Waals surface area contributed by atoms with Crippen LogP contribution >= 0.6 is 31.9 Å². The molecule has 1 aliphatic rings. The number of halogens is 5. The van der Waals surface area contributed by atoms with Crippen molar-refractivity contribution in [2.45, 2.75) is 19.1 Å². The van der Waals surface area contributed by atoms with E-state index in [0.717, 1.165) is 14.5 Å². The minimum atomic E-state index is -4.74. The van der Waals surface area contributed by atoms with Crippen LogP contribution in [0, 0.1) is 5.41 Å². The van der Waals surface area contributed by atoms with Gasteiger partial charge in [0.05, 0.1) is 0 Å². The van der Waals surface area contributed by atoms with Crippen molar-refractivity contribution >= 4 is 37.8 Å². The molecule has 8 heteroatoms. The molecule has 1 atom stereocenters. The van der Waals surface area contributed by atoms with Gasteiger partial charge >= 0.3 is 12.1 Å². The van der Waals surface area contributed by atoms with Gasteiger partial charge < -0.3 is 5.11 Å². The summed E-state index contributed by atoms with van der Waals surface area (Å²) in [6.45, 7) is -0.115. The molecule has 116 valence electrons. The third kappa shape index (κ3) is 3.27. The standard InChI is InChI=1S/C13H12Br2F3NO2/c14-9-2-1-8(5-10(9)15)6-19-4-3-12(7-19,11(20)21)13(16,17)18/h1-2,5H,3-4,6-7H2,(H,20,21). The van der Waals surface area contributed by atoms with Crippen molar-refractivity contribution in [2.75, 3.05) is 13.1 Å². The Morgan fingerprint density at radius 2 is 2.00 bits per heavy atom. The van der Waals surface area contributed by atoms with Gasteiger partial charge in [-0.25, -0.2) is 0 Å². The van der Waals surface area contributed by atoms with Crippen molar-refractivity contribution in [1.82, 2.24) is 4.90 Å². The van der Waals surface area contributed by atoms with Crippen molar-refractivity contribution in [1.29, 1.82) is 0 Å². The molecule has 0 amide bonds. The third-order valence-electron chi connectivity index (χ3n) is 3.69. The average molecular weight is 431 g/mol. The minimum Gasteiger partial charge on any atom is -0.481 e. The number of hydrogen-bond donors (Lipinski definition) is 1. The van der Waals surface area contributed by atoms with Crippen molar-refractivity contribution in [3.8, 4) is 0 Å². The van der Waals surface area contributed by atoms with Crippen LogP contribution in [-0.4, -0.2) is 35.2 Å². The summed E-state index contributed by atoms with van der Waals surface area (Å²) in [7, 11) is 0. The molecule has 0 radical (unpaired) electrons. The maximum Gasteiger partial charge on any atom is 0.406 e. The second kappa shape index (κ2) is 5.89. The molecule has 1 heterocycles. The number of rotatable bonds is 3. The monoisotopic (exact) mass is 429 g/mol. The fraction of sp³-hybridized carbons (Fsp3) is 0.462. The van der Waals surface area contributed by atoms with Crippen LogP contribution < -0.4 is 0 Å². The number of hydrogen-bond acceptors (Lipinski definition) is 2. The normalized spacial score (nSPS) is 23.5. The van der Waals surface area contributed by atoms with E-state index < -0.39 is 30.5 Å². The van der Waals surface area contributed by atoms with E-state index in [4.69, 9.17) is 5.11 Å². The van der Waals surface area contributed by atoms with Gasteiger partial charge in [0.2, 0.25) is 0 Å². The quantitative estimate of drug-likeness (QED) is 0.786. The first-order chi connectivity index (χ1) is 9.65. The average Bonchev–Trinajstić information content (AvgIpc) is 2.79. The third-order valence-corrected chi connectivity index (χ3v) is 5.57. The molecule has 1 aromatic rings. The summed E-state index contributed by atoms with van der Waals surface area (Å²) in [5, 5.41) is 9.00. The number of nitrogens with zero attached hydrogens (tertiary/aromatic N) is 1. The molecule has 2 rings (SSSR count). The first kappa shape index (κ1) is 16.8. The Morgan fingerprint density at radius 3 is 2.48 bits per heavy atom. The van der Waals surface area contributed by atoms with Gasteiger partial charge in [-0.1, -0.05) is 6.07 Å². The molecule has 21 heavy (non-hydrogen) atoms. The molecule has 3 nitrogen and oxygen atoms in total. The van der Waals surface area contributed by atoms with Crippen molar-refractivity contribution in [3.63, 3.8) is 0 Å². The Balaban J connectivity index is 2.14. The smallest absolute Gasteiger partial charge is 0.406 e. The number of carbonyl (C=O) groups is 1. The van der Waals surface area contributed by atoms with E-state index in [9.17, 15) is 18.0 Å². The first-order valence-corrected chi connectivity index (χ1v) is 7.71. The van der Waals surface area contributed by atoms with Gasteiger partial charge in [-0.15, -0.1) is 0 Å². The maximum atomic E-state index is 13.1. The van der Waals surface area contributed by atoms with Crippen molar-refractivity contribution in [2.24, 2.45) is 5.41 Å². The lowest BCUT2D eigenvalue weighted by molar-refractivity contribution is -0.227. The van der Waals surface area contributed by atoms with Crippen LogP contribution in [0.5, 0.6) is 0 Å². The van der Waals surface area contributed by atoms with Gasteiger partial charge in [-0.3, -0.25) is 9.69 Å². The zero-order chi connectivity index (χ0) is 15.8. The number of alkyl halides is 3. The number of carboxylic acids is 1. The maximum absolute atomic E-state index is 13.1. The topological polar surface area (TPSA) is 40.5 Å². The lowest BCUT2D eigenvalue weighted by atomic mass is 9.86. The Morgan fingerprint density at radius 1 is 1.33 bits per heavy atom. The van der Waals surface area contributed by atoms with Gasteiger partial charge in [0.25, 0.3) is 0 Å². The molecule has 0 aromatic heterocycles. The Hall–Kier alpha value is -0.600. The summed E-state index contributed by atoms with van der Waals surface area (Å²) in [4.78, 5) is 12.6. The van der Waals surface area contributed by atoms with E-state index in [1.165, 1.54) is 4.90 Å². The van der Waals surface area contributed by atoms with E-state index in [-0.39, 0.29) is 13.1 Å². The molecule has 0 aliphatic carbocycles. The fourth-order valence-corrected chi connectivity index (χ4v) is 3.12. The van der Waals surface area contributed by atoms with Crippen LogP contribution in [0.3, 0.4) is 0 Å². The summed E-state index contributed by atoms with van der Waals surface area (Å²) in [6, 6.07) is 5.39. The lowest BCUT2D eigenvalue weighted by Crippen LogP contribution is -2.47. The highest BCUT2D eigenvalue weighted by Gasteiger charge is 2.63. The van der Waals surface area contributed by atoms with Crippen LogP contribution in [-0.2, 0) is 11.3 Å². The molecule has 1 saturated heterocycles. The van der Waals surface area contributed by atoms with E-state index in [1.54, 1.807) is 18.2 Å². The van der Waals surface area contributed by atoms with Gasteiger partial charge in [-0.05, 0) is 56.0 Å². The molecule has 1 fully saturated rings. The minimum absolute atomic E-state index is 0.111. The SMILES string of the molecule is O=C(O)C1(C(F)(F)F)CCN(Cc2ccc(Br)c(Br)c2)C1. The zero-order valence-electron chi connectivity index (χ0n) is 10.8. The number of carboxylic acid groups (broad SMARTS) is 1. The number of aliphatic carboxylic acids is 1. The first-order valence-electron chi connectivity index (χ1n) is 6.12. The second-order valence-electron chi connectivity index (χ2n) is 5.09. The van der Waals surface area contributed by atoms with Crippen LogP contribution in [0.25, 0.3) is 0 Å². The Bertz CT molecular complexity index is 565. The molecule has 0 spiro atoms. The largest absolute Gasteiger partial charge is 0.481 e. The highest BCUT2D eigenvalue weighted by molar-refractivity contribution is 9.13.